The van der Waals surface area contributed by atoms with Gasteiger partial charge in [0.25, 0.3) is 0 Å². The second-order valence-corrected chi connectivity index (χ2v) is 5.25. The van der Waals surface area contributed by atoms with Gasteiger partial charge in [0.05, 0.1) is 0 Å². The molecule has 0 heterocycles. The minimum absolute atomic E-state index is 0.179. The van der Waals surface area contributed by atoms with Crippen LogP contribution in [-0.2, 0) is 6.42 Å². The summed E-state index contributed by atoms with van der Waals surface area (Å²) >= 11 is 3.38. The van der Waals surface area contributed by atoms with Gasteiger partial charge in [0.2, 0.25) is 0 Å². The summed E-state index contributed by atoms with van der Waals surface area (Å²) in [7, 11) is 1.77. The first-order chi connectivity index (χ1) is 9.10. The second kappa shape index (κ2) is 6.26. The molecule has 0 spiro atoms. The molecular formula is C15H14BrF2N. The summed E-state index contributed by atoms with van der Waals surface area (Å²) in [6.45, 7) is 0. The Bertz CT molecular complexity index is 555. The molecule has 2 rings (SSSR count). The molecule has 0 aliphatic rings. The highest BCUT2D eigenvalue weighted by Crippen LogP contribution is 2.22. The van der Waals surface area contributed by atoms with Crippen LogP contribution in [0.1, 0.15) is 17.2 Å². The van der Waals surface area contributed by atoms with Gasteiger partial charge in [0.15, 0.2) is 0 Å². The Labute approximate surface area is 119 Å². The van der Waals surface area contributed by atoms with Gasteiger partial charge in [-0.05, 0) is 37.2 Å². The molecule has 0 saturated carbocycles. The molecule has 0 aliphatic carbocycles. The molecule has 0 fully saturated rings. The number of hydrogen-bond donors (Lipinski definition) is 1. The van der Waals surface area contributed by atoms with Crippen LogP contribution in [0.25, 0.3) is 0 Å². The molecule has 1 N–H and O–H groups in total. The highest BCUT2D eigenvalue weighted by molar-refractivity contribution is 9.10. The van der Waals surface area contributed by atoms with Gasteiger partial charge >= 0.3 is 0 Å². The van der Waals surface area contributed by atoms with Crippen LogP contribution in [0.15, 0.2) is 46.9 Å². The Morgan fingerprint density at radius 1 is 1.11 bits per heavy atom. The van der Waals surface area contributed by atoms with Crippen LogP contribution in [-0.4, -0.2) is 7.05 Å². The van der Waals surface area contributed by atoms with Gasteiger partial charge in [0.1, 0.15) is 11.6 Å². The van der Waals surface area contributed by atoms with Gasteiger partial charge in [-0.2, -0.15) is 0 Å². The third kappa shape index (κ3) is 3.61. The molecule has 2 aromatic rings. The van der Waals surface area contributed by atoms with Crippen molar-refractivity contribution in [3.8, 4) is 0 Å². The Kier molecular flexibility index (Phi) is 4.66. The number of nitrogens with one attached hydrogen (secondary N) is 1. The van der Waals surface area contributed by atoms with E-state index >= 15 is 0 Å². The van der Waals surface area contributed by atoms with E-state index in [0.29, 0.717) is 12.0 Å². The van der Waals surface area contributed by atoms with Gasteiger partial charge in [-0.1, -0.05) is 34.1 Å². The van der Waals surface area contributed by atoms with Gasteiger partial charge in [-0.25, -0.2) is 8.78 Å². The highest BCUT2D eigenvalue weighted by atomic mass is 79.9. The maximum Gasteiger partial charge on any atom is 0.130 e. The maximum atomic E-state index is 13.8. The largest absolute Gasteiger partial charge is 0.313 e. The lowest BCUT2D eigenvalue weighted by Gasteiger charge is -2.17. The normalized spacial score (nSPS) is 12.4. The zero-order valence-electron chi connectivity index (χ0n) is 10.5. The van der Waals surface area contributed by atoms with E-state index < -0.39 is 11.6 Å². The Morgan fingerprint density at radius 2 is 1.79 bits per heavy atom. The molecule has 19 heavy (non-hydrogen) atoms. The van der Waals surface area contributed by atoms with E-state index in [9.17, 15) is 8.78 Å². The van der Waals surface area contributed by atoms with Crippen LogP contribution >= 0.6 is 15.9 Å². The third-order valence-electron chi connectivity index (χ3n) is 3.04. The van der Waals surface area contributed by atoms with Crippen LogP contribution < -0.4 is 5.32 Å². The van der Waals surface area contributed by atoms with Gasteiger partial charge in [0, 0.05) is 22.1 Å². The Morgan fingerprint density at radius 3 is 2.37 bits per heavy atom. The zero-order chi connectivity index (χ0) is 13.8. The second-order valence-electron chi connectivity index (χ2n) is 4.34. The molecule has 4 heteroatoms. The monoisotopic (exact) mass is 325 g/mol. The van der Waals surface area contributed by atoms with Crippen molar-refractivity contribution in [2.45, 2.75) is 12.5 Å². The predicted molar refractivity (Wildman–Crippen MR) is 76.0 cm³/mol. The van der Waals surface area contributed by atoms with E-state index in [1.165, 1.54) is 12.1 Å². The molecule has 0 bridgehead atoms. The van der Waals surface area contributed by atoms with Crippen LogP contribution in [0.3, 0.4) is 0 Å². The lowest BCUT2D eigenvalue weighted by Crippen LogP contribution is -2.20. The van der Waals surface area contributed by atoms with E-state index in [-0.39, 0.29) is 6.04 Å². The van der Waals surface area contributed by atoms with Crippen molar-refractivity contribution in [3.63, 3.8) is 0 Å². The lowest BCUT2D eigenvalue weighted by atomic mass is 9.98. The number of benzene rings is 2. The summed E-state index contributed by atoms with van der Waals surface area (Å²) in [4.78, 5) is 0. The van der Waals surface area contributed by atoms with Crippen molar-refractivity contribution in [2.75, 3.05) is 7.05 Å². The highest BCUT2D eigenvalue weighted by Gasteiger charge is 2.15. The summed E-state index contributed by atoms with van der Waals surface area (Å²) in [6, 6.07) is 11.4. The van der Waals surface area contributed by atoms with Crippen LogP contribution in [0, 0.1) is 11.6 Å². The van der Waals surface area contributed by atoms with Crippen molar-refractivity contribution in [2.24, 2.45) is 0 Å². The molecule has 2 aromatic carbocycles. The standard InChI is InChI=1S/C15H14BrF2N/c1-19-15(8-10-2-4-11(16)5-3-10)13-7-6-12(17)9-14(13)18/h2-7,9,15,19H,8H2,1H3. The fourth-order valence-corrected chi connectivity index (χ4v) is 2.27. The average Bonchev–Trinajstić information content (AvgIpc) is 2.39. The minimum atomic E-state index is -0.556. The lowest BCUT2D eigenvalue weighted by molar-refractivity contribution is 0.521. The van der Waals surface area contributed by atoms with Crippen LogP contribution in [0.5, 0.6) is 0 Å². The molecule has 0 radical (unpaired) electrons. The topological polar surface area (TPSA) is 12.0 Å². The summed E-state index contributed by atoms with van der Waals surface area (Å²) < 4.78 is 27.7. The van der Waals surface area contributed by atoms with Gasteiger partial charge < -0.3 is 5.32 Å². The van der Waals surface area contributed by atoms with Crippen molar-refractivity contribution in [3.05, 3.63) is 69.7 Å². The first-order valence-corrected chi connectivity index (χ1v) is 6.76. The molecule has 0 saturated heterocycles. The first kappa shape index (κ1) is 14.2. The molecule has 1 nitrogen and oxygen atoms in total. The maximum absolute atomic E-state index is 13.8. The van der Waals surface area contributed by atoms with Crippen molar-refractivity contribution >= 4 is 15.9 Å². The summed E-state index contributed by atoms with van der Waals surface area (Å²) in [5.74, 6) is -1.07. The molecule has 100 valence electrons. The van der Waals surface area contributed by atoms with E-state index in [1.54, 1.807) is 7.05 Å². The molecule has 0 amide bonds. The van der Waals surface area contributed by atoms with Crippen LogP contribution in [0.2, 0.25) is 0 Å². The third-order valence-corrected chi connectivity index (χ3v) is 3.57. The molecule has 0 aromatic heterocycles. The van der Waals surface area contributed by atoms with Gasteiger partial charge in [-0.3, -0.25) is 0 Å². The SMILES string of the molecule is CNC(Cc1ccc(Br)cc1)c1ccc(F)cc1F. The van der Waals surface area contributed by atoms with Crippen molar-refractivity contribution in [1.29, 1.82) is 0 Å². The average molecular weight is 326 g/mol. The summed E-state index contributed by atoms with van der Waals surface area (Å²) in [5.41, 5.74) is 1.57. The smallest absolute Gasteiger partial charge is 0.130 e. The summed E-state index contributed by atoms with van der Waals surface area (Å²) in [6.07, 6.45) is 0.645. The van der Waals surface area contributed by atoms with E-state index in [0.717, 1.165) is 16.1 Å². The summed E-state index contributed by atoms with van der Waals surface area (Å²) in [5, 5.41) is 3.07. The van der Waals surface area contributed by atoms with Crippen molar-refractivity contribution in [1.82, 2.24) is 5.32 Å². The fraction of sp³-hybridized carbons (Fsp3) is 0.200. The van der Waals surface area contributed by atoms with E-state index in [1.807, 2.05) is 24.3 Å². The Balaban J connectivity index is 2.22. The predicted octanol–water partition coefficient (Wildman–Crippen LogP) is 4.23. The number of rotatable bonds is 4. The molecular weight excluding hydrogens is 312 g/mol. The zero-order valence-corrected chi connectivity index (χ0v) is 12.0. The van der Waals surface area contributed by atoms with Crippen molar-refractivity contribution < 1.29 is 8.78 Å². The quantitative estimate of drug-likeness (QED) is 0.887. The minimum Gasteiger partial charge on any atom is -0.313 e. The molecule has 1 unspecified atom stereocenters. The van der Waals surface area contributed by atoms with Gasteiger partial charge in [-0.15, -0.1) is 0 Å². The number of hydrogen-bond acceptors (Lipinski definition) is 1. The van der Waals surface area contributed by atoms with E-state index in [2.05, 4.69) is 21.2 Å². The number of halogens is 3. The molecule has 0 aliphatic heterocycles. The van der Waals surface area contributed by atoms with E-state index in [4.69, 9.17) is 0 Å². The fourth-order valence-electron chi connectivity index (χ4n) is 2.01. The number of likely N-dealkylation sites (N-methyl/N-ethyl adjacent to an activating group) is 1. The van der Waals surface area contributed by atoms with Crippen LogP contribution in [0.4, 0.5) is 8.78 Å². The molecule has 1 atom stereocenters. The first-order valence-electron chi connectivity index (χ1n) is 5.97. The Hall–Kier alpha value is -1.26.